The van der Waals surface area contributed by atoms with Gasteiger partial charge in [0.15, 0.2) is 0 Å². The van der Waals surface area contributed by atoms with Crippen LogP contribution in [0, 0.1) is 0 Å². The van der Waals surface area contributed by atoms with Gasteiger partial charge in [0.1, 0.15) is 0 Å². The van der Waals surface area contributed by atoms with Crippen LogP contribution >= 0.6 is 0 Å². The van der Waals surface area contributed by atoms with Crippen molar-refractivity contribution in [1.29, 1.82) is 0 Å². The number of hydrogen-bond acceptors (Lipinski definition) is 3. The SMILES string of the molecule is CCCc1cccc(C(NN)c2ccnn2C)c1. The summed E-state index contributed by atoms with van der Waals surface area (Å²) in [5.74, 6) is 5.70. The summed E-state index contributed by atoms with van der Waals surface area (Å²) in [5, 5.41) is 4.19. The van der Waals surface area contributed by atoms with Gasteiger partial charge in [-0.25, -0.2) is 5.43 Å². The minimum absolute atomic E-state index is 0.0192. The van der Waals surface area contributed by atoms with Gasteiger partial charge in [-0.05, 0) is 23.6 Å². The molecule has 0 aliphatic carbocycles. The van der Waals surface area contributed by atoms with Crippen molar-refractivity contribution in [3.05, 3.63) is 53.3 Å². The molecule has 0 aliphatic rings. The van der Waals surface area contributed by atoms with Crippen molar-refractivity contribution in [3.8, 4) is 0 Å². The second kappa shape index (κ2) is 5.80. The van der Waals surface area contributed by atoms with Crippen molar-refractivity contribution < 1.29 is 0 Å². The molecule has 0 spiro atoms. The molecule has 0 saturated heterocycles. The first kappa shape index (κ1) is 12.8. The molecule has 0 radical (unpaired) electrons. The molecule has 1 unspecified atom stereocenters. The van der Waals surface area contributed by atoms with Gasteiger partial charge < -0.3 is 0 Å². The number of aryl methyl sites for hydroxylation is 2. The number of nitrogens with two attached hydrogens (primary N) is 1. The molecule has 4 nitrogen and oxygen atoms in total. The van der Waals surface area contributed by atoms with Crippen molar-refractivity contribution in [1.82, 2.24) is 15.2 Å². The summed E-state index contributed by atoms with van der Waals surface area (Å²) in [5.41, 5.74) is 6.45. The van der Waals surface area contributed by atoms with Crippen LogP contribution in [0.3, 0.4) is 0 Å². The number of benzene rings is 1. The highest BCUT2D eigenvalue weighted by molar-refractivity contribution is 5.31. The zero-order chi connectivity index (χ0) is 13.0. The number of hydrogen-bond donors (Lipinski definition) is 2. The number of nitrogens with zero attached hydrogens (tertiary/aromatic N) is 2. The third-order valence-electron chi connectivity index (χ3n) is 3.14. The van der Waals surface area contributed by atoms with Crippen molar-refractivity contribution in [3.63, 3.8) is 0 Å². The molecule has 0 fully saturated rings. The van der Waals surface area contributed by atoms with E-state index in [1.54, 1.807) is 6.20 Å². The van der Waals surface area contributed by atoms with Crippen LogP contribution in [-0.4, -0.2) is 9.78 Å². The molecule has 96 valence electrons. The van der Waals surface area contributed by atoms with Crippen LogP contribution in [-0.2, 0) is 13.5 Å². The van der Waals surface area contributed by atoms with E-state index in [9.17, 15) is 0 Å². The number of rotatable bonds is 5. The molecule has 1 atom stereocenters. The predicted molar refractivity (Wildman–Crippen MR) is 72.8 cm³/mol. The lowest BCUT2D eigenvalue weighted by Crippen LogP contribution is -2.30. The van der Waals surface area contributed by atoms with Gasteiger partial charge in [-0.1, -0.05) is 37.6 Å². The molecular weight excluding hydrogens is 224 g/mol. The van der Waals surface area contributed by atoms with Gasteiger partial charge in [0.25, 0.3) is 0 Å². The molecular formula is C14H20N4. The van der Waals surface area contributed by atoms with Gasteiger partial charge in [-0.2, -0.15) is 5.10 Å². The maximum atomic E-state index is 5.70. The minimum atomic E-state index is -0.0192. The van der Waals surface area contributed by atoms with Gasteiger partial charge in [0, 0.05) is 13.2 Å². The van der Waals surface area contributed by atoms with Crippen molar-refractivity contribution in [2.45, 2.75) is 25.8 Å². The van der Waals surface area contributed by atoms with E-state index >= 15 is 0 Å². The molecule has 0 bridgehead atoms. The molecule has 0 amide bonds. The predicted octanol–water partition coefficient (Wildman–Crippen LogP) is 1.93. The maximum absolute atomic E-state index is 5.70. The quantitative estimate of drug-likeness (QED) is 0.624. The Kier molecular flexibility index (Phi) is 4.12. The minimum Gasteiger partial charge on any atom is -0.271 e. The molecule has 1 aromatic heterocycles. The largest absolute Gasteiger partial charge is 0.271 e. The normalized spacial score (nSPS) is 12.6. The fourth-order valence-corrected chi connectivity index (χ4v) is 2.24. The smallest absolute Gasteiger partial charge is 0.0878 e. The first-order valence-corrected chi connectivity index (χ1v) is 6.29. The van der Waals surface area contributed by atoms with Crippen LogP contribution in [0.15, 0.2) is 36.5 Å². The first-order chi connectivity index (χ1) is 8.76. The van der Waals surface area contributed by atoms with Crippen molar-refractivity contribution in [2.75, 3.05) is 0 Å². The van der Waals surface area contributed by atoms with Crippen LogP contribution in [0.5, 0.6) is 0 Å². The summed E-state index contributed by atoms with van der Waals surface area (Å²) in [6, 6.07) is 10.5. The van der Waals surface area contributed by atoms with E-state index in [4.69, 9.17) is 5.84 Å². The maximum Gasteiger partial charge on any atom is 0.0878 e. The molecule has 1 heterocycles. The highest BCUT2D eigenvalue weighted by Gasteiger charge is 2.15. The molecule has 2 rings (SSSR count). The monoisotopic (exact) mass is 244 g/mol. The average molecular weight is 244 g/mol. The third kappa shape index (κ3) is 2.60. The highest BCUT2D eigenvalue weighted by Crippen LogP contribution is 2.21. The molecule has 18 heavy (non-hydrogen) atoms. The Labute approximate surface area is 108 Å². The molecule has 4 heteroatoms. The molecule has 0 saturated carbocycles. The summed E-state index contributed by atoms with van der Waals surface area (Å²) >= 11 is 0. The van der Waals surface area contributed by atoms with Crippen LogP contribution in [0.25, 0.3) is 0 Å². The van der Waals surface area contributed by atoms with E-state index in [0.29, 0.717) is 0 Å². The number of aromatic nitrogens is 2. The van der Waals surface area contributed by atoms with E-state index in [2.05, 4.69) is 41.7 Å². The van der Waals surface area contributed by atoms with Gasteiger partial charge in [0.2, 0.25) is 0 Å². The Morgan fingerprint density at radius 3 is 2.83 bits per heavy atom. The first-order valence-electron chi connectivity index (χ1n) is 6.29. The van der Waals surface area contributed by atoms with E-state index < -0.39 is 0 Å². The number of nitrogens with one attached hydrogen (secondary N) is 1. The van der Waals surface area contributed by atoms with E-state index in [-0.39, 0.29) is 6.04 Å². The summed E-state index contributed by atoms with van der Waals surface area (Å²) in [6.45, 7) is 2.19. The summed E-state index contributed by atoms with van der Waals surface area (Å²) in [7, 11) is 1.93. The lowest BCUT2D eigenvalue weighted by atomic mass is 10.00. The average Bonchev–Trinajstić information content (AvgIpc) is 2.78. The van der Waals surface area contributed by atoms with Crippen molar-refractivity contribution >= 4 is 0 Å². The van der Waals surface area contributed by atoms with Crippen LogP contribution < -0.4 is 11.3 Å². The molecule has 2 aromatic rings. The third-order valence-corrected chi connectivity index (χ3v) is 3.14. The number of hydrazine groups is 1. The molecule has 1 aromatic carbocycles. The van der Waals surface area contributed by atoms with E-state index in [1.807, 2.05) is 17.8 Å². The Morgan fingerprint density at radius 2 is 2.22 bits per heavy atom. The van der Waals surface area contributed by atoms with Gasteiger partial charge >= 0.3 is 0 Å². The fraction of sp³-hybridized carbons (Fsp3) is 0.357. The Balaban J connectivity index is 2.33. The second-order valence-corrected chi connectivity index (χ2v) is 4.47. The van der Waals surface area contributed by atoms with Crippen LogP contribution in [0.1, 0.15) is 36.2 Å². The van der Waals surface area contributed by atoms with Crippen LogP contribution in [0.4, 0.5) is 0 Å². The van der Waals surface area contributed by atoms with Crippen LogP contribution in [0.2, 0.25) is 0 Å². The lowest BCUT2D eigenvalue weighted by Gasteiger charge is -2.17. The Bertz CT molecular complexity index is 504. The van der Waals surface area contributed by atoms with Gasteiger partial charge in [0.05, 0.1) is 11.7 Å². The standard InChI is InChI=1S/C14H20N4/c1-3-5-11-6-4-7-12(10-11)14(17-15)13-8-9-16-18(13)2/h4,6-10,14,17H,3,5,15H2,1-2H3. The van der Waals surface area contributed by atoms with Gasteiger partial charge in [-0.3, -0.25) is 10.5 Å². The van der Waals surface area contributed by atoms with Crippen molar-refractivity contribution in [2.24, 2.45) is 12.9 Å². The van der Waals surface area contributed by atoms with E-state index in [1.165, 1.54) is 11.1 Å². The summed E-state index contributed by atoms with van der Waals surface area (Å²) < 4.78 is 1.84. The lowest BCUT2D eigenvalue weighted by molar-refractivity contribution is 0.574. The Morgan fingerprint density at radius 1 is 1.39 bits per heavy atom. The summed E-state index contributed by atoms with van der Waals surface area (Å²) in [4.78, 5) is 0. The summed E-state index contributed by atoms with van der Waals surface area (Å²) in [6.07, 6.45) is 4.03. The van der Waals surface area contributed by atoms with E-state index in [0.717, 1.165) is 18.5 Å². The highest BCUT2D eigenvalue weighted by atomic mass is 15.3. The molecule has 3 N–H and O–H groups in total. The van der Waals surface area contributed by atoms with Gasteiger partial charge in [-0.15, -0.1) is 0 Å². The zero-order valence-corrected chi connectivity index (χ0v) is 10.9. The second-order valence-electron chi connectivity index (χ2n) is 4.47. The fourth-order valence-electron chi connectivity index (χ4n) is 2.24. The molecule has 0 aliphatic heterocycles. The Hall–Kier alpha value is -1.65. The topological polar surface area (TPSA) is 55.9 Å². The zero-order valence-electron chi connectivity index (χ0n) is 10.9.